The topological polar surface area (TPSA) is 86.4 Å². The number of urea groups is 1. The summed E-state index contributed by atoms with van der Waals surface area (Å²) in [6.07, 6.45) is 6.13. The molecule has 1 aromatic carbocycles. The van der Waals surface area contributed by atoms with Gasteiger partial charge in [-0.2, -0.15) is 0 Å². The lowest BCUT2D eigenvalue weighted by atomic mass is 10.1. The smallest absolute Gasteiger partial charge is 0.321 e. The van der Waals surface area contributed by atoms with Crippen molar-refractivity contribution in [3.63, 3.8) is 0 Å². The van der Waals surface area contributed by atoms with Gasteiger partial charge in [0, 0.05) is 37.0 Å². The quantitative estimate of drug-likeness (QED) is 0.634. The van der Waals surface area contributed by atoms with Gasteiger partial charge in [0.25, 0.3) is 0 Å². The van der Waals surface area contributed by atoms with Gasteiger partial charge in [-0.3, -0.25) is 15.0 Å². The number of hydrogen-bond acceptors (Lipinski definition) is 5. The molecule has 0 bridgehead atoms. The number of anilines is 1. The van der Waals surface area contributed by atoms with Gasteiger partial charge in [-0.05, 0) is 24.8 Å². The second kappa shape index (κ2) is 10.0. The summed E-state index contributed by atoms with van der Waals surface area (Å²) in [7, 11) is 0. The van der Waals surface area contributed by atoms with E-state index in [1.54, 1.807) is 0 Å². The molecule has 2 aromatic rings. The van der Waals surface area contributed by atoms with Gasteiger partial charge in [0.2, 0.25) is 5.91 Å². The van der Waals surface area contributed by atoms with E-state index in [1.807, 2.05) is 18.2 Å². The van der Waals surface area contributed by atoms with Gasteiger partial charge in [0.15, 0.2) is 5.13 Å². The summed E-state index contributed by atoms with van der Waals surface area (Å²) in [5.74, 6) is 0.0492. The molecule has 1 aliphatic heterocycles. The Balaban J connectivity index is 1.21. The molecule has 1 aliphatic carbocycles. The van der Waals surface area contributed by atoms with Crippen LogP contribution in [-0.4, -0.2) is 47.5 Å². The number of nitrogens with zero attached hydrogens (tertiary/aromatic N) is 2. The maximum Gasteiger partial charge on any atom is 0.321 e. The molecule has 0 saturated heterocycles. The Morgan fingerprint density at radius 3 is 2.77 bits per heavy atom. The summed E-state index contributed by atoms with van der Waals surface area (Å²) in [6, 6.07) is 10.3. The Morgan fingerprint density at radius 2 is 1.97 bits per heavy atom. The highest BCUT2D eigenvalue weighted by Gasteiger charge is 2.23. The number of benzene rings is 1. The van der Waals surface area contributed by atoms with Gasteiger partial charge in [-0.25, -0.2) is 9.78 Å². The van der Waals surface area contributed by atoms with Crippen molar-refractivity contribution in [2.45, 2.75) is 51.1 Å². The highest BCUT2D eigenvalue weighted by molar-refractivity contribution is 7.15. The average molecular weight is 428 g/mol. The van der Waals surface area contributed by atoms with Crippen LogP contribution in [0.5, 0.6) is 0 Å². The fourth-order valence-electron chi connectivity index (χ4n) is 4.08. The number of fused-ring (bicyclic) bond motifs is 1. The lowest BCUT2D eigenvalue weighted by Crippen LogP contribution is -2.40. The van der Waals surface area contributed by atoms with E-state index in [0.717, 1.165) is 42.8 Å². The molecule has 160 valence electrons. The Morgan fingerprint density at radius 1 is 1.17 bits per heavy atom. The molecule has 2 aliphatic rings. The van der Waals surface area contributed by atoms with Crippen molar-refractivity contribution in [3.05, 3.63) is 46.5 Å². The number of carbonyl (C=O) groups excluding carboxylic acids is 2. The number of aromatic nitrogens is 1. The van der Waals surface area contributed by atoms with Crippen molar-refractivity contribution < 1.29 is 9.59 Å². The second-order valence-electron chi connectivity index (χ2n) is 8.01. The van der Waals surface area contributed by atoms with E-state index in [2.05, 4.69) is 38.0 Å². The molecule has 4 rings (SSSR count). The summed E-state index contributed by atoms with van der Waals surface area (Å²) in [6.45, 7) is 2.53. The molecular weight excluding hydrogens is 398 g/mol. The third-order valence-corrected chi connectivity index (χ3v) is 6.66. The minimum absolute atomic E-state index is 0.0492. The van der Waals surface area contributed by atoms with Gasteiger partial charge in [-0.1, -0.05) is 43.2 Å². The first-order valence-electron chi connectivity index (χ1n) is 10.7. The van der Waals surface area contributed by atoms with E-state index in [-0.39, 0.29) is 18.0 Å². The first-order valence-corrected chi connectivity index (χ1v) is 11.6. The molecule has 3 N–H and O–H groups in total. The van der Waals surface area contributed by atoms with Crippen molar-refractivity contribution >= 4 is 28.4 Å². The van der Waals surface area contributed by atoms with Crippen LogP contribution in [0.25, 0.3) is 0 Å². The Bertz CT molecular complexity index is 864. The van der Waals surface area contributed by atoms with Crippen molar-refractivity contribution in [2.24, 2.45) is 0 Å². The predicted octanol–water partition coefficient (Wildman–Crippen LogP) is 2.92. The maximum atomic E-state index is 12.3. The van der Waals surface area contributed by atoms with Crippen LogP contribution < -0.4 is 16.0 Å². The van der Waals surface area contributed by atoms with Crippen LogP contribution in [0, 0.1) is 0 Å². The molecule has 1 aromatic heterocycles. The highest BCUT2D eigenvalue weighted by Crippen LogP contribution is 2.28. The van der Waals surface area contributed by atoms with Crippen molar-refractivity contribution in [3.8, 4) is 0 Å². The first kappa shape index (κ1) is 20.8. The van der Waals surface area contributed by atoms with Crippen LogP contribution in [0.1, 0.15) is 41.8 Å². The van der Waals surface area contributed by atoms with E-state index in [4.69, 9.17) is 0 Å². The second-order valence-corrected chi connectivity index (χ2v) is 9.10. The third kappa shape index (κ3) is 5.79. The zero-order chi connectivity index (χ0) is 20.8. The molecule has 3 amide bonds. The fraction of sp³-hybridized carbons (Fsp3) is 0.500. The van der Waals surface area contributed by atoms with Crippen LogP contribution in [-0.2, 0) is 24.2 Å². The molecular formula is C22H29N5O2S. The standard InChI is InChI=1S/C22H29N5O2S/c28-20(23-12-10-16-6-2-1-3-7-16)15-27-13-11-18-19(14-27)30-22(25-18)26-21(29)24-17-8-4-5-9-17/h1-3,6-7,17H,4-5,8-15H2,(H,23,28)(H2,24,25,26,29). The van der Waals surface area contributed by atoms with Gasteiger partial charge < -0.3 is 10.6 Å². The highest BCUT2D eigenvalue weighted by atomic mass is 32.1. The lowest BCUT2D eigenvalue weighted by Gasteiger charge is -2.25. The predicted molar refractivity (Wildman–Crippen MR) is 119 cm³/mol. The minimum atomic E-state index is -0.164. The van der Waals surface area contributed by atoms with Crippen molar-refractivity contribution in [1.82, 2.24) is 20.5 Å². The molecule has 1 fully saturated rings. The summed E-state index contributed by atoms with van der Waals surface area (Å²) in [4.78, 5) is 32.3. The molecule has 0 spiro atoms. The normalized spacial score (nSPS) is 16.8. The van der Waals surface area contributed by atoms with Gasteiger partial charge in [0.05, 0.1) is 12.2 Å². The van der Waals surface area contributed by atoms with Gasteiger partial charge in [-0.15, -0.1) is 11.3 Å². The number of rotatable bonds is 7. The summed E-state index contributed by atoms with van der Waals surface area (Å²) in [5, 5.41) is 9.56. The molecule has 1 saturated carbocycles. The zero-order valence-corrected chi connectivity index (χ0v) is 18.0. The van der Waals surface area contributed by atoms with E-state index in [1.165, 1.54) is 29.7 Å². The summed E-state index contributed by atoms with van der Waals surface area (Å²) < 4.78 is 0. The van der Waals surface area contributed by atoms with Crippen LogP contribution in [0.2, 0.25) is 0 Å². The van der Waals surface area contributed by atoms with Crippen LogP contribution in [0.4, 0.5) is 9.93 Å². The van der Waals surface area contributed by atoms with E-state index in [0.29, 0.717) is 24.8 Å². The largest absolute Gasteiger partial charge is 0.355 e. The van der Waals surface area contributed by atoms with E-state index >= 15 is 0 Å². The minimum Gasteiger partial charge on any atom is -0.355 e. The molecule has 0 unspecified atom stereocenters. The van der Waals surface area contributed by atoms with Crippen LogP contribution in [0.15, 0.2) is 30.3 Å². The molecule has 30 heavy (non-hydrogen) atoms. The summed E-state index contributed by atoms with van der Waals surface area (Å²) >= 11 is 1.51. The number of nitrogens with one attached hydrogen (secondary N) is 3. The average Bonchev–Trinajstić information content (AvgIpc) is 3.37. The van der Waals surface area contributed by atoms with Gasteiger partial charge >= 0.3 is 6.03 Å². The lowest BCUT2D eigenvalue weighted by molar-refractivity contribution is -0.122. The number of amides is 3. The van der Waals surface area contributed by atoms with Gasteiger partial charge in [0.1, 0.15) is 0 Å². The molecule has 0 atom stereocenters. The molecule has 2 heterocycles. The third-order valence-electron chi connectivity index (χ3n) is 5.67. The molecule has 7 nitrogen and oxygen atoms in total. The number of carbonyl (C=O) groups is 2. The number of hydrogen-bond donors (Lipinski definition) is 3. The number of thiazole rings is 1. The Hall–Kier alpha value is -2.45. The van der Waals surface area contributed by atoms with E-state index < -0.39 is 0 Å². The maximum absolute atomic E-state index is 12.3. The monoisotopic (exact) mass is 427 g/mol. The summed E-state index contributed by atoms with van der Waals surface area (Å²) in [5.41, 5.74) is 2.26. The van der Waals surface area contributed by atoms with Crippen molar-refractivity contribution in [2.75, 3.05) is 25.0 Å². The SMILES string of the molecule is O=C(CN1CCc2nc(NC(=O)NC3CCCC3)sc2C1)NCCc1ccccc1. The Kier molecular flexibility index (Phi) is 6.96. The fourth-order valence-corrected chi connectivity index (χ4v) is 5.12. The zero-order valence-electron chi connectivity index (χ0n) is 17.2. The Labute approximate surface area is 181 Å². The van der Waals surface area contributed by atoms with E-state index in [9.17, 15) is 9.59 Å². The van der Waals surface area contributed by atoms with Crippen LogP contribution in [0.3, 0.4) is 0 Å². The van der Waals surface area contributed by atoms with Crippen LogP contribution >= 0.6 is 11.3 Å². The molecule has 8 heteroatoms. The molecule has 0 radical (unpaired) electrons. The first-order chi connectivity index (χ1) is 14.7. The van der Waals surface area contributed by atoms with Crippen molar-refractivity contribution in [1.29, 1.82) is 0 Å².